The zero-order valence-electron chi connectivity index (χ0n) is 14.0. The van der Waals surface area contributed by atoms with E-state index in [0.29, 0.717) is 24.2 Å². The number of rotatable bonds is 3. The van der Waals surface area contributed by atoms with Crippen LogP contribution in [0.1, 0.15) is 37.0 Å². The summed E-state index contributed by atoms with van der Waals surface area (Å²) in [6.07, 6.45) is 6.58. The second-order valence-corrected chi connectivity index (χ2v) is 6.52. The fraction of sp³-hybridized carbons (Fsp3) is 0.444. The SMILES string of the molecule is CC(C)NC(=O)C1CCCN(C(=O)c2cncc3cccnc23)C1. The van der Waals surface area contributed by atoms with Crippen LogP contribution in [-0.4, -0.2) is 45.8 Å². The van der Waals surface area contributed by atoms with E-state index in [0.717, 1.165) is 18.2 Å². The largest absolute Gasteiger partial charge is 0.354 e. The molecule has 1 fully saturated rings. The average molecular weight is 326 g/mol. The number of carbonyl (C=O) groups excluding carboxylic acids is 2. The highest BCUT2D eigenvalue weighted by Crippen LogP contribution is 2.21. The Morgan fingerprint density at radius 3 is 2.96 bits per heavy atom. The summed E-state index contributed by atoms with van der Waals surface area (Å²) in [6.45, 7) is 4.99. The number of amides is 2. The molecule has 6 heteroatoms. The van der Waals surface area contributed by atoms with Crippen molar-refractivity contribution in [3.63, 3.8) is 0 Å². The minimum absolute atomic E-state index is 0.0247. The molecule has 1 aliphatic rings. The van der Waals surface area contributed by atoms with Crippen molar-refractivity contribution in [2.24, 2.45) is 5.92 Å². The molecule has 126 valence electrons. The highest BCUT2D eigenvalue weighted by atomic mass is 16.2. The van der Waals surface area contributed by atoms with Gasteiger partial charge in [0.15, 0.2) is 0 Å². The summed E-state index contributed by atoms with van der Waals surface area (Å²) in [5, 5.41) is 3.78. The quantitative estimate of drug-likeness (QED) is 0.936. The first-order valence-electron chi connectivity index (χ1n) is 8.34. The molecule has 1 atom stereocenters. The predicted molar refractivity (Wildman–Crippen MR) is 91.4 cm³/mol. The molecule has 0 aromatic carbocycles. The van der Waals surface area contributed by atoms with E-state index in [-0.39, 0.29) is 23.8 Å². The molecule has 2 aromatic heterocycles. The fourth-order valence-corrected chi connectivity index (χ4v) is 3.11. The summed E-state index contributed by atoms with van der Waals surface area (Å²) < 4.78 is 0. The second-order valence-electron chi connectivity index (χ2n) is 6.52. The third-order valence-corrected chi connectivity index (χ3v) is 4.25. The number of hydrogen-bond donors (Lipinski definition) is 1. The maximum absolute atomic E-state index is 12.9. The molecule has 1 saturated heterocycles. The van der Waals surface area contributed by atoms with Gasteiger partial charge in [0, 0.05) is 43.1 Å². The number of nitrogens with zero attached hydrogens (tertiary/aromatic N) is 3. The average Bonchev–Trinajstić information content (AvgIpc) is 2.60. The second kappa shape index (κ2) is 6.95. The molecule has 1 unspecified atom stereocenters. The molecule has 1 N–H and O–H groups in total. The van der Waals surface area contributed by atoms with Crippen LogP contribution >= 0.6 is 0 Å². The molecule has 0 spiro atoms. The lowest BCUT2D eigenvalue weighted by molar-refractivity contribution is -0.126. The van der Waals surface area contributed by atoms with Crippen LogP contribution in [0.15, 0.2) is 30.7 Å². The smallest absolute Gasteiger partial charge is 0.257 e. The Bertz CT molecular complexity index is 754. The number of pyridine rings is 2. The van der Waals surface area contributed by atoms with Crippen molar-refractivity contribution in [2.45, 2.75) is 32.7 Å². The van der Waals surface area contributed by atoms with E-state index in [2.05, 4.69) is 15.3 Å². The summed E-state index contributed by atoms with van der Waals surface area (Å²) in [5.41, 5.74) is 1.16. The van der Waals surface area contributed by atoms with Crippen LogP contribution in [0.2, 0.25) is 0 Å². The van der Waals surface area contributed by atoms with Gasteiger partial charge < -0.3 is 10.2 Å². The van der Waals surface area contributed by atoms with Crippen molar-refractivity contribution in [1.29, 1.82) is 0 Å². The molecule has 24 heavy (non-hydrogen) atoms. The molecule has 1 aliphatic heterocycles. The molecule has 3 heterocycles. The number of aromatic nitrogens is 2. The zero-order valence-corrected chi connectivity index (χ0v) is 14.0. The molecular formula is C18H22N4O2. The first kappa shape index (κ1) is 16.4. The van der Waals surface area contributed by atoms with Crippen LogP contribution in [0.3, 0.4) is 0 Å². The lowest BCUT2D eigenvalue weighted by Crippen LogP contribution is -2.46. The van der Waals surface area contributed by atoms with Crippen LogP contribution in [-0.2, 0) is 4.79 Å². The molecule has 0 saturated carbocycles. The third kappa shape index (κ3) is 3.37. The minimum Gasteiger partial charge on any atom is -0.354 e. The van der Waals surface area contributed by atoms with Crippen LogP contribution in [0, 0.1) is 5.92 Å². The van der Waals surface area contributed by atoms with Crippen molar-refractivity contribution in [1.82, 2.24) is 20.2 Å². The Morgan fingerprint density at radius 1 is 1.33 bits per heavy atom. The number of nitrogens with one attached hydrogen (secondary N) is 1. The maximum Gasteiger partial charge on any atom is 0.257 e. The van der Waals surface area contributed by atoms with Gasteiger partial charge in [0.2, 0.25) is 5.91 Å². The van der Waals surface area contributed by atoms with Gasteiger partial charge in [-0.3, -0.25) is 19.6 Å². The Hall–Kier alpha value is -2.50. The highest BCUT2D eigenvalue weighted by Gasteiger charge is 2.30. The molecule has 2 amide bonds. The van der Waals surface area contributed by atoms with Crippen molar-refractivity contribution in [3.8, 4) is 0 Å². The van der Waals surface area contributed by atoms with Crippen molar-refractivity contribution >= 4 is 22.7 Å². The van der Waals surface area contributed by atoms with Gasteiger partial charge in [0.25, 0.3) is 5.91 Å². The summed E-state index contributed by atoms with van der Waals surface area (Å²) in [5.74, 6) is -0.230. The summed E-state index contributed by atoms with van der Waals surface area (Å²) in [7, 11) is 0. The van der Waals surface area contributed by atoms with Crippen LogP contribution < -0.4 is 5.32 Å². The highest BCUT2D eigenvalue weighted by molar-refractivity contribution is 6.05. The number of carbonyl (C=O) groups is 2. The van der Waals surface area contributed by atoms with Gasteiger partial charge >= 0.3 is 0 Å². The first-order valence-corrected chi connectivity index (χ1v) is 8.34. The van der Waals surface area contributed by atoms with E-state index in [1.165, 1.54) is 0 Å². The molecule has 0 radical (unpaired) electrons. The van der Waals surface area contributed by atoms with Gasteiger partial charge in [-0.15, -0.1) is 0 Å². The lowest BCUT2D eigenvalue weighted by Gasteiger charge is -2.32. The Kier molecular flexibility index (Phi) is 4.74. The summed E-state index contributed by atoms with van der Waals surface area (Å²) in [6, 6.07) is 3.82. The van der Waals surface area contributed by atoms with Crippen molar-refractivity contribution in [2.75, 3.05) is 13.1 Å². The predicted octanol–water partition coefficient (Wildman–Crippen LogP) is 2.01. The maximum atomic E-state index is 12.9. The molecular weight excluding hydrogens is 304 g/mol. The van der Waals surface area contributed by atoms with E-state index in [1.807, 2.05) is 26.0 Å². The third-order valence-electron chi connectivity index (χ3n) is 4.25. The lowest BCUT2D eigenvalue weighted by atomic mass is 9.96. The topological polar surface area (TPSA) is 75.2 Å². The van der Waals surface area contributed by atoms with Crippen LogP contribution in [0.4, 0.5) is 0 Å². The summed E-state index contributed by atoms with van der Waals surface area (Å²) >= 11 is 0. The Morgan fingerprint density at radius 2 is 2.17 bits per heavy atom. The minimum atomic E-state index is -0.152. The Labute approximate surface area is 141 Å². The van der Waals surface area contributed by atoms with Crippen LogP contribution in [0.5, 0.6) is 0 Å². The summed E-state index contributed by atoms with van der Waals surface area (Å²) in [4.78, 5) is 35.4. The van der Waals surface area contributed by atoms with E-state index in [4.69, 9.17) is 0 Å². The van der Waals surface area contributed by atoms with E-state index < -0.39 is 0 Å². The van der Waals surface area contributed by atoms with E-state index in [9.17, 15) is 9.59 Å². The molecule has 3 rings (SSSR count). The van der Waals surface area contributed by atoms with Crippen molar-refractivity contribution < 1.29 is 9.59 Å². The van der Waals surface area contributed by atoms with E-state index in [1.54, 1.807) is 23.5 Å². The number of hydrogen-bond acceptors (Lipinski definition) is 4. The number of fused-ring (bicyclic) bond motifs is 1. The molecule has 0 bridgehead atoms. The molecule has 6 nitrogen and oxygen atoms in total. The fourth-order valence-electron chi connectivity index (χ4n) is 3.11. The van der Waals surface area contributed by atoms with Gasteiger partial charge in [-0.2, -0.15) is 0 Å². The van der Waals surface area contributed by atoms with Crippen molar-refractivity contribution in [3.05, 3.63) is 36.3 Å². The first-order chi connectivity index (χ1) is 11.6. The van der Waals surface area contributed by atoms with Gasteiger partial charge in [0.05, 0.1) is 17.0 Å². The van der Waals surface area contributed by atoms with Crippen LogP contribution in [0.25, 0.3) is 10.9 Å². The molecule has 0 aliphatic carbocycles. The van der Waals surface area contributed by atoms with Gasteiger partial charge in [0.1, 0.15) is 0 Å². The van der Waals surface area contributed by atoms with Gasteiger partial charge in [-0.05, 0) is 38.8 Å². The number of likely N-dealkylation sites (tertiary alicyclic amines) is 1. The standard InChI is InChI=1S/C18H22N4O2/c1-12(2)21-17(23)14-6-4-8-22(11-14)18(24)15-10-19-9-13-5-3-7-20-16(13)15/h3,5,7,9-10,12,14H,4,6,8,11H2,1-2H3,(H,21,23). The zero-order chi connectivity index (χ0) is 17.1. The van der Waals surface area contributed by atoms with Gasteiger partial charge in [-0.1, -0.05) is 0 Å². The Balaban J connectivity index is 1.80. The van der Waals surface area contributed by atoms with E-state index >= 15 is 0 Å². The monoisotopic (exact) mass is 326 g/mol. The number of piperidine rings is 1. The molecule has 2 aromatic rings. The normalized spacial score (nSPS) is 18.0. The van der Waals surface area contributed by atoms with Gasteiger partial charge in [-0.25, -0.2) is 0 Å².